The van der Waals surface area contributed by atoms with Gasteiger partial charge in [-0.1, -0.05) is 48.5 Å². The summed E-state index contributed by atoms with van der Waals surface area (Å²) in [6.45, 7) is 0. The minimum Gasteiger partial charge on any atom is -0.480 e. The van der Waals surface area contributed by atoms with Crippen LogP contribution in [0.25, 0.3) is 10.9 Å². The Kier molecular flexibility index (Phi) is 6.11. The second-order valence-electron chi connectivity index (χ2n) is 7.13. The smallest absolute Gasteiger partial charge is 0.326 e. The van der Waals surface area contributed by atoms with Gasteiger partial charge >= 0.3 is 5.97 Å². The van der Waals surface area contributed by atoms with Crippen LogP contribution in [0.15, 0.2) is 60.8 Å². The van der Waals surface area contributed by atoms with E-state index in [1.807, 2.05) is 73.6 Å². The van der Waals surface area contributed by atoms with Gasteiger partial charge in [-0.3, -0.25) is 9.69 Å². The molecule has 28 heavy (non-hydrogen) atoms. The Morgan fingerprint density at radius 1 is 1.04 bits per heavy atom. The quantitative estimate of drug-likeness (QED) is 0.561. The fourth-order valence-electron chi connectivity index (χ4n) is 3.34. The Labute approximate surface area is 164 Å². The third-order valence-electron chi connectivity index (χ3n) is 4.91. The molecule has 3 rings (SSSR count). The molecular weight excluding hydrogens is 354 g/mol. The number of benzene rings is 2. The van der Waals surface area contributed by atoms with Crippen LogP contribution in [0.3, 0.4) is 0 Å². The number of hydrogen-bond acceptors (Lipinski definition) is 3. The Morgan fingerprint density at radius 3 is 2.39 bits per heavy atom. The number of carbonyl (C=O) groups excluding carboxylic acids is 1. The number of aliphatic carboxylic acids is 1. The van der Waals surface area contributed by atoms with Crippen molar-refractivity contribution in [2.24, 2.45) is 0 Å². The summed E-state index contributed by atoms with van der Waals surface area (Å²) in [5, 5.41) is 13.4. The second kappa shape index (κ2) is 8.71. The summed E-state index contributed by atoms with van der Waals surface area (Å²) in [6.07, 6.45) is 2.54. The molecule has 3 aromatic rings. The molecule has 0 aliphatic carbocycles. The molecule has 0 aliphatic rings. The number of aromatic nitrogens is 1. The largest absolute Gasteiger partial charge is 0.480 e. The summed E-state index contributed by atoms with van der Waals surface area (Å²) >= 11 is 0. The van der Waals surface area contributed by atoms with E-state index in [0.29, 0.717) is 6.42 Å². The summed E-state index contributed by atoms with van der Waals surface area (Å²) < 4.78 is 0. The van der Waals surface area contributed by atoms with Gasteiger partial charge in [-0.15, -0.1) is 0 Å². The molecule has 0 aliphatic heterocycles. The molecule has 2 unspecified atom stereocenters. The topological polar surface area (TPSA) is 85.4 Å². The Bertz CT molecular complexity index is 950. The van der Waals surface area contributed by atoms with Crippen LogP contribution in [0, 0.1) is 0 Å². The first kappa shape index (κ1) is 19.6. The van der Waals surface area contributed by atoms with Gasteiger partial charge in [0.25, 0.3) is 0 Å². The average molecular weight is 379 g/mol. The molecule has 146 valence electrons. The number of carbonyl (C=O) groups is 2. The van der Waals surface area contributed by atoms with Gasteiger partial charge in [0, 0.05) is 23.5 Å². The number of nitrogens with zero attached hydrogens (tertiary/aromatic N) is 1. The van der Waals surface area contributed by atoms with E-state index in [1.54, 1.807) is 6.20 Å². The molecule has 0 saturated heterocycles. The summed E-state index contributed by atoms with van der Waals surface area (Å²) in [7, 11) is 3.64. The number of likely N-dealkylation sites (N-methyl/N-ethyl adjacent to an activating group) is 1. The Hall–Kier alpha value is -3.12. The summed E-state index contributed by atoms with van der Waals surface area (Å²) in [5.41, 5.74) is 2.84. The highest BCUT2D eigenvalue weighted by molar-refractivity contribution is 5.88. The maximum Gasteiger partial charge on any atom is 0.326 e. The highest BCUT2D eigenvalue weighted by Gasteiger charge is 2.27. The Morgan fingerprint density at radius 2 is 1.71 bits per heavy atom. The zero-order chi connectivity index (χ0) is 20.1. The van der Waals surface area contributed by atoms with E-state index in [9.17, 15) is 14.7 Å². The molecule has 2 aromatic carbocycles. The number of carboxylic acids is 1. The standard InChI is InChI=1S/C22H25N3O3/c1-25(2)20(12-15-8-4-3-5-9-15)21(26)24-19(22(27)28)13-16-14-23-18-11-7-6-10-17(16)18/h3-11,14,19-20,23H,12-13H2,1-2H3,(H,24,26)(H,27,28). The highest BCUT2D eigenvalue weighted by atomic mass is 16.4. The minimum absolute atomic E-state index is 0.219. The van der Waals surface area contributed by atoms with Gasteiger partial charge in [-0.2, -0.15) is 0 Å². The number of fused-ring (bicyclic) bond motifs is 1. The molecule has 0 bridgehead atoms. The van der Waals surface area contributed by atoms with Crippen molar-refractivity contribution in [1.82, 2.24) is 15.2 Å². The molecular formula is C22H25N3O3. The lowest BCUT2D eigenvalue weighted by Crippen LogP contribution is -2.51. The van der Waals surface area contributed by atoms with E-state index in [4.69, 9.17) is 0 Å². The van der Waals surface area contributed by atoms with E-state index in [0.717, 1.165) is 22.0 Å². The van der Waals surface area contributed by atoms with Crippen molar-refractivity contribution in [1.29, 1.82) is 0 Å². The van der Waals surface area contributed by atoms with E-state index in [2.05, 4.69) is 10.3 Å². The van der Waals surface area contributed by atoms with E-state index >= 15 is 0 Å². The minimum atomic E-state index is -1.05. The molecule has 6 nitrogen and oxygen atoms in total. The maximum absolute atomic E-state index is 12.9. The van der Waals surface area contributed by atoms with Crippen LogP contribution in [-0.2, 0) is 22.4 Å². The number of para-hydroxylation sites is 1. The lowest BCUT2D eigenvalue weighted by Gasteiger charge is -2.25. The number of rotatable bonds is 8. The molecule has 0 saturated carbocycles. The molecule has 0 radical (unpaired) electrons. The van der Waals surface area contributed by atoms with Gasteiger partial charge in [0.15, 0.2) is 0 Å². The average Bonchev–Trinajstić information content (AvgIpc) is 3.09. The number of carboxylic acid groups (broad SMARTS) is 1. The van der Waals surface area contributed by atoms with Gasteiger partial charge < -0.3 is 15.4 Å². The summed E-state index contributed by atoms with van der Waals surface area (Å²) in [4.78, 5) is 29.6. The first-order valence-electron chi connectivity index (χ1n) is 9.24. The number of aromatic amines is 1. The molecule has 1 amide bonds. The molecule has 1 heterocycles. The van der Waals surface area contributed by atoms with Crippen molar-refractivity contribution in [3.8, 4) is 0 Å². The normalized spacial score (nSPS) is 13.4. The molecule has 3 N–H and O–H groups in total. The number of amides is 1. The number of hydrogen-bond donors (Lipinski definition) is 3. The zero-order valence-electron chi connectivity index (χ0n) is 16.1. The monoisotopic (exact) mass is 379 g/mol. The lowest BCUT2D eigenvalue weighted by molar-refractivity contribution is -0.142. The van der Waals surface area contributed by atoms with E-state index < -0.39 is 18.1 Å². The van der Waals surface area contributed by atoms with Gasteiger partial charge in [-0.25, -0.2) is 4.79 Å². The van der Waals surface area contributed by atoms with E-state index in [-0.39, 0.29) is 12.3 Å². The van der Waals surface area contributed by atoms with Crippen molar-refractivity contribution in [3.05, 3.63) is 71.9 Å². The van der Waals surface area contributed by atoms with Crippen LogP contribution in [0.1, 0.15) is 11.1 Å². The second-order valence-corrected chi connectivity index (χ2v) is 7.13. The SMILES string of the molecule is CN(C)C(Cc1ccccc1)C(=O)NC(Cc1c[nH]c2ccccc12)C(=O)O. The van der Waals surface area contributed by atoms with Crippen molar-refractivity contribution < 1.29 is 14.7 Å². The van der Waals surface area contributed by atoms with E-state index in [1.165, 1.54) is 0 Å². The lowest BCUT2D eigenvalue weighted by atomic mass is 10.0. The third-order valence-corrected chi connectivity index (χ3v) is 4.91. The fraction of sp³-hybridized carbons (Fsp3) is 0.273. The predicted molar refractivity (Wildman–Crippen MR) is 109 cm³/mol. The highest BCUT2D eigenvalue weighted by Crippen LogP contribution is 2.19. The molecule has 2 atom stereocenters. The Balaban J connectivity index is 1.75. The van der Waals surface area contributed by atoms with Gasteiger partial charge in [0.05, 0.1) is 6.04 Å². The van der Waals surface area contributed by atoms with Crippen molar-refractivity contribution >= 4 is 22.8 Å². The van der Waals surface area contributed by atoms with Crippen LogP contribution >= 0.6 is 0 Å². The van der Waals surface area contributed by atoms with Crippen LogP contribution in [0.4, 0.5) is 0 Å². The van der Waals surface area contributed by atoms with Crippen LogP contribution in [0.2, 0.25) is 0 Å². The first-order chi connectivity index (χ1) is 13.5. The van der Waals surface area contributed by atoms with Gasteiger partial charge in [0.2, 0.25) is 5.91 Å². The number of H-pyrrole nitrogens is 1. The number of nitrogens with one attached hydrogen (secondary N) is 2. The van der Waals surface area contributed by atoms with Gasteiger partial charge in [-0.05, 0) is 37.7 Å². The zero-order valence-corrected chi connectivity index (χ0v) is 16.1. The van der Waals surface area contributed by atoms with Crippen LogP contribution in [-0.4, -0.2) is 53.0 Å². The molecule has 0 fully saturated rings. The van der Waals surface area contributed by atoms with Crippen LogP contribution < -0.4 is 5.32 Å². The van der Waals surface area contributed by atoms with Crippen molar-refractivity contribution in [2.75, 3.05) is 14.1 Å². The summed E-state index contributed by atoms with van der Waals surface area (Å²) in [6, 6.07) is 16.0. The maximum atomic E-state index is 12.9. The van der Waals surface area contributed by atoms with Crippen LogP contribution in [0.5, 0.6) is 0 Å². The predicted octanol–water partition coefficient (Wildman–Crippen LogP) is 2.45. The first-order valence-corrected chi connectivity index (χ1v) is 9.24. The third kappa shape index (κ3) is 4.58. The molecule has 6 heteroatoms. The molecule has 1 aromatic heterocycles. The summed E-state index contributed by atoms with van der Waals surface area (Å²) in [5.74, 6) is -1.34. The molecule has 0 spiro atoms. The fourth-order valence-corrected chi connectivity index (χ4v) is 3.34. The van der Waals surface area contributed by atoms with Crippen molar-refractivity contribution in [2.45, 2.75) is 24.9 Å². The van der Waals surface area contributed by atoms with Gasteiger partial charge in [0.1, 0.15) is 6.04 Å². The van der Waals surface area contributed by atoms with Crippen molar-refractivity contribution in [3.63, 3.8) is 0 Å².